The molecule has 7 N–H and O–H groups in total. The van der Waals surface area contributed by atoms with Gasteiger partial charge in [-0.15, -0.1) is 0 Å². The standard InChI is InChI=1S/C8H19NO6/c10-3-5(12)1-9-2-6(13)8(15)7(14)4-11/h5-15H,1-4H2. The molecule has 0 saturated carbocycles. The van der Waals surface area contributed by atoms with Crippen LogP contribution in [-0.2, 0) is 0 Å². The largest absolute Gasteiger partial charge is 0.394 e. The summed E-state index contributed by atoms with van der Waals surface area (Å²) in [4.78, 5) is 0. The maximum Gasteiger partial charge on any atom is 0.109 e. The van der Waals surface area contributed by atoms with Crippen LogP contribution < -0.4 is 5.32 Å². The molecule has 0 aliphatic rings. The zero-order valence-corrected chi connectivity index (χ0v) is 8.32. The van der Waals surface area contributed by atoms with Crippen molar-refractivity contribution in [3.8, 4) is 0 Å². The quantitative estimate of drug-likeness (QED) is 0.224. The van der Waals surface area contributed by atoms with Gasteiger partial charge in [-0.3, -0.25) is 0 Å². The highest BCUT2D eigenvalue weighted by molar-refractivity contribution is 4.76. The van der Waals surface area contributed by atoms with E-state index in [-0.39, 0.29) is 13.1 Å². The molecule has 0 aliphatic carbocycles. The molecule has 92 valence electrons. The molecule has 0 fully saturated rings. The molecule has 0 bridgehead atoms. The van der Waals surface area contributed by atoms with Crippen LogP contribution in [0.4, 0.5) is 0 Å². The first-order valence-corrected chi connectivity index (χ1v) is 4.67. The van der Waals surface area contributed by atoms with E-state index < -0.39 is 37.6 Å². The molecule has 4 atom stereocenters. The van der Waals surface area contributed by atoms with Crippen molar-refractivity contribution in [3.63, 3.8) is 0 Å². The van der Waals surface area contributed by atoms with Crippen LogP contribution in [0.25, 0.3) is 0 Å². The van der Waals surface area contributed by atoms with E-state index in [0.717, 1.165) is 0 Å². The van der Waals surface area contributed by atoms with E-state index in [1.165, 1.54) is 0 Å². The lowest BCUT2D eigenvalue weighted by molar-refractivity contribution is -0.0755. The molecule has 0 aromatic carbocycles. The maximum absolute atomic E-state index is 9.28. The van der Waals surface area contributed by atoms with Gasteiger partial charge < -0.3 is 36.0 Å². The van der Waals surface area contributed by atoms with Gasteiger partial charge in [-0.05, 0) is 0 Å². The summed E-state index contributed by atoms with van der Waals surface area (Å²) < 4.78 is 0. The van der Waals surface area contributed by atoms with E-state index in [1.54, 1.807) is 0 Å². The average molecular weight is 225 g/mol. The second kappa shape index (κ2) is 7.94. The third-order valence-corrected chi connectivity index (χ3v) is 1.92. The van der Waals surface area contributed by atoms with E-state index in [9.17, 15) is 10.2 Å². The van der Waals surface area contributed by atoms with E-state index in [0.29, 0.717) is 0 Å². The second-order valence-electron chi connectivity index (χ2n) is 3.30. The highest BCUT2D eigenvalue weighted by Gasteiger charge is 2.23. The van der Waals surface area contributed by atoms with Gasteiger partial charge in [-0.1, -0.05) is 0 Å². The Hall–Kier alpha value is -0.280. The Morgan fingerprint density at radius 3 is 1.87 bits per heavy atom. The lowest BCUT2D eigenvalue weighted by Crippen LogP contribution is -2.46. The first-order chi connectivity index (χ1) is 7.02. The Morgan fingerprint density at radius 2 is 1.40 bits per heavy atom. The Kier molecular flexibility index (Phi) is 7.79. The minimum absolute atomic E-state index is 0.0602. The lowest BCUT2D eigenvalue weighted by atomic mass is 10.1. The van der Waals surface area contributed by atoms with Gasteiger partial charge in [0.15, 0.2) is 0 Å². The van der Waals surface area contributed by atoms with Crippen LogP contribution in [0.5, 0.6) is 0 Å². The summed E-state index contributed by atoms with van der Waals surface area (Å²) in [6, 6.07) is 0. The SMILES string of the molecule is OCC(O)CNCC(O)C(O)C(O)CO. The maximum atomic E-state index is 9.28. The predicted molar refractivity (Wildman–Crippen MR) is 51.1 cm³/mol. The molecule has 0 aromatic heterocycles. The van der Waals surface area contributed by atoms with Crippen molar-refractivity contribution in [2.75, 3.05) is 26.3 Å². The number of aliphatic hydroxyl groups excluding tert-OH is 6. The molecule has 0 aliphatic heterocycles. The normalized spacial score (nSPS) is 19.6. The monoisotopic (exact) mass is 225 g/mol. The summed E-state index contributed by atoms with van der Waals surface area (Å²) in [7, 11) is 0. The Morgan fingerprint density at radius 1 is 0.800 bits per heavy atom. The van der Waals surface area contributed by atoms with Crippen LogP contribution in [0.1, 0.15) is 0 Å². The van der Waals surface area contributed by atoms with Gasteiger partial charge in [-0.2, -0.15) is 0 Å². The van der Waals surface area contributed by atoms with Crippen LogP contribution in [0.15, 0.2) is 0 Å². The molecule has 0 heterocycles. The van der Waals surface area contributed by atoms with Crippen molar-refractivity contribution in [1.82, 2.24) is 5.32 Å². The molecule has 4 unspecified atom stereocenters. The summed E-state index contributed by atoms with van der Waals surface area (Å²) in [5.74, 6) is 0. The van der Waals surface area contributed by atoms with Gasteiger partial charge in [-0.25, -0.2) is 0 Å². The average Bonchev–Trinajstić information content (AvgIpc) is 2.26. The Bertz CT molecular complexity index is 158. The number of hydrogen-bond acceptors (Lipinski definition) is 7. The zero-order chi connectivity index (χ0) is 11.8. The smallest absolute Gasteiger partial charge is 0.109 e. The fourth-order valence-corrected chi connectivity index (χ4v) is 0.948. The van der Waals surface area contributed by atoms with E-state index in [4.69, 9.17) is 20.4 Å². The van der Waals surface area contributed by atoms with Crippen molar-refractivity contribution < 1.29 is 30.6 Å². The molecule has 7 nitrogen and oxygen atoms in total. The Labute approximate surface area is 87.6 Å². The summed E-state index contributed by atoms with van der Waals surface area (Å²) in [5.41, 5.74) is 0. The first kappa shape index (κ1) is 14.7. The van der Waals surface area contributed by atoms with Crippen molar-refractivity contribution in [3.05, 3.63) is 0 Å². The zero-order valence-electron chi connectivity index (χ0n) is 8.32. The van der Waals surface area contributed by atoms with Gasteiger partial charge in [0, 0.05) is 13.1 Å². The fourth-order valence-electron chi connectivity index (χ4n) is 0.948. The van der Waals surface area contributed by atoms with Crippen LogP contribution in [0.3, 0.4) is 0 Å². The third kappa shape index (κ3) is 6.00. The van der Waals surface area contributed by atoms with Crippen molar-refractivity contribution in [2.24, 2.45) is 0 Å². The minimum atomic E-state index is -1.45. The highest BCUT2D eigenvalue weighted by Crippen LogP contribution is 1.98. The molecule has 0 saturated heterocycles. The predicted octanol–water partition coefficient (Wildman–Crippen LogP) is -4.00. The van der Waals surface area contributed by atoms with Crippen molar-refractivity contribution >= 4 is 0 Å². The van der Waals surface area contributed by atoms with Gasteiger partial charge in [0.2, 0.25) is 0 Å². The number of nitrogens with one attached hydrogen (secondary N) is 1. The van der Waals surface area contributed by atoms with Gasteiger partial charge >= 0.3 is 0 Å². The molecule has 0 rings (SSSR count). The number of hydrogen-bond donors (Lipinski definition) is 7. The molecular formula is C8H19NO6. The van der Waals surface area contributed by atoms with Crippen LogP contribution >= 0.6 is 0 Å². The topological polar surface area (TPSA) is 133 Å². The number of aliphatic hydroxyl groups is 6. The molecule has 0 spiro atoms. The summed E-state index contributed by atoms with van der Waals surface area (Å²) in [5, 5.41) is 55.9. The lowest BCUT2D eigenvalue weighted by Gasteiger charge is -2.22. The van der Waals surface area contributed by atoms with E-state index >= 15 is 0 Å². The molecule has 0 amide bonds. The van der Waals surface area contributed by atoms with Crippen molar-refractivity contribution in [1.29, 1.82) is 0 Å². The van der Waals surface area contributed by atoms with Gasteiger partial charge in [0.25, 0.3) is 0 Å². The number of rotatable bonds is 8. The second-order valence-corrected chi connectivity index (χ2v) is 3.30. The third-order valence-electron chi connectivity index (χ3n) is 1.92. The van der Waals surface area contributed by atoms with E-state index in [1.807, 2.05) is 0 Å². The molecule has 0 aromatic rings. The van der Waals surface area contributed by atoms with Crippen LogP contribution in [-0.4, -0.2) is 81.4 Å². The summed E-state index contributed by atoms with van der Waals surface area (Å²) >= 11 is 0. The molecule has 7 heteroatoms. The van der Waals surface area contributed by atoms with Crippen LogP contribution in [0.2, 0.25) is 0 Å². The van der Waals surface area contributed by atoms with Crippen molar-refractivity contribution in [2.45, 2.75) is 24.4 Å². The summed E-state index contributed by atoms with van der Waals surface area (Å²) in [6.45, 7) is -1.03. The van der Waals surface area contributed by atoms with Gasteiger partial charge in [0.1, 0.15) is 12.2 Å². The first-order valence-electron chi connectivity index (χ1n) is 4.67. The molecule has 15 heavy (non-hydrogen) atoms. The minimum Gasteiger partial charge on any atom is -0.394 e. The molecular weight excluding hydrogens is 206 g/mol. The summed E-state index contributed by atoms with van der Waals surface area (Å²) in [6.07, 6.45) is -5.03. The highest BCUT2D eigenvalue weighted by atomic mass is 16.4. The van der Waals surface area contributed by atoms with Gasteiger partial charge in [0.05, 0.1) is 25.4 Å². The van der Waals surface area contributed by atoms with Crippen LogP contribution in [0, 0.1) is 0 Å². The van der Waals surface area contributed by atoms with E-state index in [2.05, 4.69) is 5.32 Å². The molecule has 0 radical (unpaired) electrons. The Balaban J connectivity index is 3.68. The fraction of sp³-hybridized carbons (Fsp3) is 1.00.